The van der Waals surface area contributed by atoms with Gasteiger partial charge in [-0.15, -0.1) is 0 Å². The predicted molar refractivity (Wildman–Crippen MR) is 131 cm³/mol. The van der Waals surface area contributed by atoms with Crippen LogP contribution in [0.3, 0.4) is 0 Å². The topological polar surface area (TPSA) is 69.3 Å². The first-order valence-electron chi connectivity index (χ1n) is 10.9. The maximum atomic E-state index is 13.1. The van der Waals surface area contributed by atoms with Gasteiger partial charge in [-0.2, -0.15) is 5.26 Å². The molecular weight excluding hydrogens is 428 g/mol. The zero-order chi connectivity index (χ0) is 22.7. The molecule has 8 heteroatoms. The molecule has 3 rings (SSSR count). The molecule has 1 unspecified atom stereocenters. The molecule has 1 aromatic rings. The van der Waals surface area contributed by atoms with Crippen LogP contribution in [0.4, 0.5) is 5.82 Å². The maximum Gasteiger partial charge on any atom is 0.270 e. The third-order valence-corrected chi connectivity index (χ3v) is 7.44. The molecule has 6 nitrogen and oxygen atoms in total. The summed E-state index contributed by atoms with van der Waals surface area (Å²) in [5, 5.41) is 9.61. The average molecular weight is 459 g/mol. The summed E-state index contributed by atoms with van der Waals surface area (Å²) in [5.41, 5.74) is 1.22. The van der Waals surface area contributed by atoms with Crippen molar-refractivity contribution in [3.05, 3.63) is 31.9 Å². The fraction of sp³-hybridized carbons (Fsp3) is 0.565. The molecule has 1 atom stereocenters. The minimum Gasteiger partial charge on any atom is -0.357 e. The summed E-state index contributed by atoms with van der Waals surface area (Å²) < 4.78 is 2.14. The van der Waals surface area contributed by atoms with Gasteiger partial charge in [0.05, 0.1) is 4.91 Å². The number of nitriles is 1. The van der Waals surface area contributed by atoms with Gasteiger partial charge in [0.2, 0.25) is 0 Å². The summed E-state index contributed by atoms with van der Waals surface area (Å²) >= 11 is 6.77. The van der Waals surface area contributed by atoms with Crippen molar-refractivity contribution in [2.45, 2.75) is 52.9 Å². The second kappa shape index (κ2) is 10.0. The smallest absolute Gasteiger partial charge is 0.270 e. The summed E-state index contributed by atoms with van der Waals surface area (Å²) in [4.78, 5) is 30.4. The highest BCUT2D eigenvalue weighted by atomic mass is 32.2. The fourth-order valence-corrected chi connectivity index (χ4v) is 5.61. The summed E-state index contributed by atoms with van der Waals surface area (Å²) in [6.07, 6.45) is 7.10. The number of hydrogen-bond donors (Lipinski definition) is 0. The van der Waals surface area contributed by atoms with Gasteiger partial charge < -0.3 is 4.90 Å². The number of pyridine rings is 1. The van der Waals surface area contributed by atoms with Crippen molar-refractivity contribution in [1.29, 1.82) is 5.26 Å². The van der Waals surface area contributed by atoms with Gasteiger partial charge in [0.25, 0.3) is 11.5 Å². The summed E-state index contributed by atoms with van der Waals surface area (Å²) in [5.74, 6) is 1.21. The standard InChI is InChI=1S/C23H30N4O2S2/c1-5-6-7-11-27-22(29)19(31-23(27)30)12-17-16(3)18(13-24)21(28)25(4)20(17)26-10-8-9-15(2)14-26/h12,15H,5-11,14H2,1-4H3/b19-12-. The molecule has 0 N–H and O–H groups in total. The normalized spacial score (nSPS) is 20.6. The Labute approximate surface area is 193 Å². The van der Waals surface area contributed by atoms with Crippen molar-refractivity contribution in [1.82, 2.24) is 9.47 Å². The maximum absolute atomic E-state index is 13.1. The van der Waals surface area contributed by atoms with E-state index < -0.39 is 0 Å². The van der Waals surface area contributed by atoms with Gasteiger partial charge in [-0.05, 0) is 43.7 Å². The Kier molecular flexibility index (Phi) is 7.60. The molecule has 31 heavy (non-hydrogen) atoms. The van der Waals surface area contributed by atoms with E-state index in [1.54, 1.807) is 23.4 Å². The predicted octanol–water partition coefficient (Wildman–Crippen LogP) is 4.19. The molecule has 1 amide bonds. The van der Waals surface area contributed by atoms with E-state index in [0.717, 1.165) is 56.6 Å². The Morgan fingerprint density at radius 1 is 1.32 bits per heavy atom. The minimum absolute atomic E-state index is 0.0872. The van der Waals surface area contributed by atoms with Crippen LogP contribution < -0.4 is 10.5 Å². The zero-order valence-corrected chi connectivity index (χ0v) is 20.4. The SMILES string of the molecule is CCCCCN1C(=O)/C(=C/c2c(C)c(C#N)c(=O)n(C)c2N2CCCC(C)C2)SC1=S. The first-order chi connectivity index (χ1) is 14.8. The Hall–Kier alpha value is -2.11. The van der Waals surface area contributed by atoms with Crippen LogP contribution in [0.1, 0.15) is 62.6 Å². The van der Waals surface area contributed by atoms with Crippen LogP contribution in [-0.2, 0) is 11.8 Å². The van der Waals surface area contributed by atoms with Crippen LogP contribution in [-0.4, -0.2) is 39.3 Å². The monoisotopic (exact) mass is 458 g/mol. The number of carbonyl (C=O) groups excluding carboxylic acids is 1. The van der Waals surface area contributed by atoms with E-state index in [-0.39, 0.29) is 17.0 Å². The second-order valence-electron chi connectivity index (χ2n) is 8.45. The van der Waals surface area contributed by atoms with Crippen LogP contribution in [0.25, 0.3) is 6.08 Å². The number of rotatable bonds is 6. The highest BCUT2D eigenvalue weighted by Crippen LogP contribution is 2.36. The number of anilines is 1. The Balaban J connectivity index is 2.09. The van der Waals surface area contributed by atoms with Crippen LogP contribution in [0.5, 0.6) is 0 Å². The quantitative estimate of drug-likeness (QED) is 0.362. The summed E-state index contributed by atoms with van der Waals surface area (Å²) in [6.45, 7) is 8.45. The number of carbonyl (C=O) groups is 1. The van der Waals surface area contributed by atoms with Crippen molar-refractivity contribution >= 4 is 46.1 Å². The molecule has 0 saturated carbocycles. The van der Waals surface area contributed by atoms with E-state index in [4.69, 9.17) is 12.2 Å². The number of thioether (sulfide) groups is 1. The van der Waals surface area contributed by atoms with E-state index >= 15 is 0 Å². The molecule has 0 aliphatic carbocycles. The Bertz CT molecular complexity index is 1020. The summed E-state index contributed by atoms with van der Waals surface area (Å²) in [6, 6.07) is 2.06. The minimum atomic E-state index is -0.294. The third-order valence-electron chi connectivity index (χ3n) is 6.06. The molecule has 3 heterocycles. The van der Waals surface area contributed by atoms with Crippen molar-refractivity contribution in [3.63, 3.8) is 0 Å². The first kappa shape index (κ1) is 23.6. The van der Waals surface area contributed by atoms with Crippen LogP contribution in [0.2, 0.25) is 0 Å². The van der Waals surface area contributed by atoms with Gasteiger partial charge in [-0.1, -0.05) is 50.7 Å². The number of piperidine rings is 1. The molecule has 2 saturated heterocycles. The van der Waals surface area contributed by atoms with Crippen LogP contribution >= 0.6 is 24.0 Å². The highest BCUT2D eigenvalue weighted by Gasteiger charge is 2.33. The molecule has 0 bridgehead atoms. The lowest BCUT2D eigenvalue weighted by atomic mass is 9.98. The van der Waals surface area contributed by atoms with Crippen LogP contribution in [0, 0.1) is 24.2 Å². The molecule has 166 valence electrons. The van der Waals surface area contributed by atoms with Crippen molar-refractivity contribution in [2.24, 2.45) is 13.0 Å². The molecule has 2 aliphatic rings. The van der Waals surface area contributed by atoms with Gasteiger partial charge in [0.1, 0.15) is 21.8 Å². The number of thiocarbonyl (C=S) groups is 1. The van der Waals surface area contributed by atoms with Crippen molar-refractivity contribution in [2.75, 3.05) is 24.5 Å². The molecule has 2 fully saturated rings. The average Bonchev–Trinajstić information content (AvgIpc) is 3.00. The van der Waals surface area contributed by atoms with Gasteiger partial charge in [0.15, 0.2) is 0 Å². The second-order valence-corrected chi connectivity index (χ2v) is 10.1. The molecule has 0 aromatic carbocycles. The summed E-state index contributed by atoms with van der Waals surface area (Å²) in [7, 11) is 1.71. The van der Waals surface area contributed by atoms with Gasteiger partial charge in [-0.25, -0.2) is 0 Å². The first-order valence-corrected chi connectivity index (χ1v) is 12.2. The number of unbranched alkanes of at least 4 members (excludes halogenated alkanes) is 2. The molecule has 0 spiro atoms. The molecular formula is C23H30N4O2S2. The number of hydrogen-bond acceptors (Lipinski definition) is 6. The Morgan fingerprint density at radius 2 is 2.06 bits per heavy atom. The largest absolute Gasteiger partial charge is 0.357 e. The van der Waals surface area contributed by atoms with E-state index in [9.17, 15) is 14.9 Å². The van der Waals surface area contributed by atoms with Gasteiger partial charge >= 0.3 is 0 Å². The van der Waals surface area contributed by atoms with E-state index in [1.165, 1.54) is 11.8 Å². The lowest BCUT2D eigenvalue weighted by molar-refractivity contribution is -0.122. The number of nitrogens with zero attached hydrogens (tertiary/aromatic N) is 4. The van der Waals surface area contributed by atoms with Crippen molar-refractivity contribution in [3.8, 4) is 6.07 Å². The highest BCUT2D eigenvalue weighted by molar-refractivity contribution is 8.26. The van der Waals surface area contributed by atoms with Gasteiger partial charge in [-0.3, -0.25) is 19.1 Å². The lowest BCUT2D eigenvalue weighted by Gasteiger charge is -2.35. The fourth-order valence-electron chi connectivity index (χ4n) is 4.32. The van der Waals surface area contributed by atoms with E-state index in [1.807, 2.05) is 6.08 Å². The van der Waals surface area contributed by atoms with E-state index in [0.29, 0.717) is 27.3 Å². The number of aromatic nitrogens is 1. The van der Waals surface area contributed by atoms with Gasteiger partial charge in [0, 0.05) is 32.2 Å². The van der Waals surface area contributed by atoms with Crippen molar-refractivity contribution < 1.29 is 4.79 Å². The number of amides is 1. The molecule has 2 aliphatic heterocycles. The molecule has 0 radical (unpaired) electrons. The third kappa shape index (κ3) is 4.73. The lowest BCUT2D eigenvalue weighted by Crippen LogP contribution is -2.39. The van der Waals surface area contributed by atoms with E-state index in [2.05, 4.69) is 24.8 Å². The van der Waals surface area contributed by atoms with Crippen LogP contribution in [0.15, 0.2) is 9.70 Å². The zero-order valence-electron chi connectivity index (χ0n) is 18.7. The Morgan fingerprint density at radius 3 is 2.71 bits per heavy atom. The molecule has 1 aromatic heterocycles.